The van der Waals surface area contributed by atoms with Crippen LogP contribution in [-0.4, -0.2) is 53.9 Å². The van der Waals surface area contributed by atoms with Gasteiger partial charge in [-0.1, -0.05) is 48.5 Å². The van der Waals surface area contributed by atoms with E-state index in [1.165, 1.54) is 0 Å². The minimum absolute atomic E-state index is 0.0364. The number of rotatable bonds is 5. The summed E-state index contributed by atoms with van der Waals surface area (Å²) in [7, 11) is 3.28. The van der Waals surface area contributed by atoms with Gasteiger partial charge in [0.1, 0.15) is 18.0 Å². The summed E-state index contributed by atoms with van der Waals surface area (Å²) < 4.78 is 11.0. The number of aromatic nitrogens is 1. The smallest absolute Gasteiger partial charge is 0.255 e. The minimum Gasteiger partial charge on any atom is -0.497 e. The zero-order chi connectivity index (χ0) is 25.7. The summed E-state index contributed by atoms with van der Waals surface area (Å²) >= 11 is 0. The number of carbonyl (C=O) groups is 2. The van der Waals surface area contributed by atoms with E-state index in [4.69, 9.17) is 9.47 Å². The molecule has 0 radical (unpaired) electrons. The number of nitrogens with zero attached hydrogens (tertiary/aromatic N) is 2. The summed E-state index contributed by atoms with van der Waals surface area (Å²) in [5.74, 6) is 1.22. The molecular formula is C30H29N3O4. The van der Waals surface area contributed by atoms with Crippen LogP contribution in [0.2, 0.25) is 0 Å². The Morgan fingerprint density at radius 2 is 1.68 bits per heavy atom. The highest BCUT2D eigenvalue weighted by Gasteiger charge is 2.56. The van der Waals surface area contributed by atoms with E-state index in [0.29, 0.717) is 13.1 Å². The minimum atomic E-state index is -1.14. The fourth-order valence-electron chi connectivity index (χ4n) is 5.99. The Kier molecular flexibility index (Phi) is 5.44. The van der Waals surface area contributed by atoms with Crippen LogP contribution in [0.25, 0.3) is 10.9 Å². The quantitative estimate of drug-likeness (QED) is 0.445. The number of H-pyrrole nitrogens is 1. The van der Waals surface area contributed by atoms with Crippen molar-refractivity contribution in [3.63, 3.8) is 0 Å². The van der Waals surface area contributed by atoms with Crippen molar-refractivity contribution in [2.75, 3.05) is 27.3 Å². The lowest BCUT2D eigenvalue weighted by Gasteiger charge is -2.51. The Balaban J connectivity index is 1.48. The Hall–Kier alpha value is -4.26. The SMILES string of the molecule is COc1ccc(CN2CC(=O)N3CC(c4ccccc4OC)c4c([nH]c5ccccc45)C3(C)C2=O)cc1. The lowest BCUT2D eigenvalue weighted by Crippen LogP contribution is -2.67. The van der Waals surface area contributed by atoms with Crippen LogP contribution in [0.1, 0.15) is 35.2 Å². The molecular weight excluding hydrogens is 466 g/mol. The largest absolute Gasteiger partial charge is 0.497 e. The number of piperazine rings is 1. The molecule has 2 unspecified atom stereocenters. The summed E-state index contributed by atoms with van der Waals surface area (Å²) in [6.45, 7) is 2.66. The monoisotopic (exact) mass is 495 g/mol. The first-order chi connectivity index (χ1) is 18.0. The van der Waals surface area contributed by atoms with Crippen molar-refractivity contribution < 1.29 is 19.1 Å². The van der Waals surface area contributed by atoms with Crippen molar-refractivity contribution in [1.82, 2.24) is 14.8 Å². The number of hydrogen-bond acceptors (Lipinski definition) is 4. The highest BCUT2D eigenvalue weighted by molar-refractivity contribution is 6.01. The summed E-state index contributed by atoms with van der Waals surface area (Å²) in [6.07, 6.45) is 0. The average molecular weight is 496 g/mol. The van der Waals surface area contributed by atoms with Crippen LogP contribution in [0.3, 0.4) is 0 Å². The fraction of sp³-hybridized carbons (Fsp3) is 0.267. The van der Waals surface area contributed by atoms with Crippen LogP contribution in [0, 0.1) is 0 Å². The zero-order valence-electron chi connectivity index (χ0n) is 21.2. The molecule has 2 aliphatic heterocycles. The molecule has 0 aliphatic carbocycles. The van der Waals surface area contributed by atoms with E-state index in [1.54, 1.807) is 24.0 Å². The predicted molar refractivity (Wildman–Crippen MR) is 141 cm³/mol. The van der Waals surface area contributed by atoms with Crippen LogP contribution < -0.4 is 9.47 Å². The second-order valence-corrected chi connectivity index (χ2v) is 9.84. The number of ether oxygens (including phenoxy) is 2. The Bertz CT molecular complexity index is 1510. The number of hydrogen-bond donors (Lipinski definition) is 1. The molecule has 7 heteroatoms. The van der Waals surface area contributed by atoms with Crippen LogP contribution in [-0.2, 0) is 21.7 Å². The summed E-state index contributed by atoms with van der Waals surface area (Å²) in [6, 6.07) is 23.6. The van der Waals surface area contributed by atoms with Gasteiger partial charge in [0.05, 0.1) is 19.9 Å². The number of amides is 2. The summed E-state index contributed by atoms with van der Waals surface area (Å²) in [5.41, 5.74) is 3.56. The molecule has 6 rings (SSSR count). The molecule has 3 aromatic carbocycles. The molecule has 0 saturated carbocycles. The van der Waals surface area contributed by atoms with Gasteiger partial charge in [-0.3, -0.25) is 9.59 Å². The van der Waals surface area contributed by atoms with Gasteiger partial charge >= 0.3 is 0 Å². The van der Waals surface area contributed by atoms with Gasteiger partial charge in [0, 0.05) is 35.5 Å². The van der Waals surface area contributed by atoms with Crippen molar-refractivity contribution >= 4 is 22.7 Å². The normalized spacial score (nSPS) is 21.1. The van der Waals surface area contributed by atoms with Crippen LogP contribution in [0.4, 0.5) is 0 Å². The average Bonchev–Trinajstić information content (AvgIpc) is 3.33. The molecule has 2 atom stereocenters. The number of nitrogens with one attached hydrogen (secondary N) is 1. The molecule has 188 valence electrons. The highest BCUT2D eigenvalue weighted by Crippen LogP contribution is 2.49. The van der Waals surface area contributed by atoms with Gasteiger partial charge in [0.25, 0.3) is 5.91 Å². The first-order valence-corrected chi connectivity index (χ1v) is 12.4. The van der Waals surface area contributed by atoms with Gasteiger partial charge in [0.15, 0.2) is 5.54 Å². The van der Waals surface area contributed by atoms with Gasteiger partial charge in [-0.25, -0.2) is 0 Å². The Morgan fingerprint density at radius 1 is 0.946 bits per heavy atom. The third kappa shape index (κ3) is 3.49. The van der Waals surface area contributed by atoms with E-state index in [9.17, 15) is 9.59 Å². The van der Waals surface area contributed by atoms with Crippen molar-refractivity contribution in [2.45, 2.75) is 24.9 Å². The van der Waals surface area contributed by atoms with Crippen molar-refractivity contribution in [1.29, 1.82) is 0 Å². The molecule has 3 heterocycles. The molecule has 1 fully saturated rings. The molecule has 2 aliphatic rings. The summed E-state index contributed by atoms with van der Waals surface area (Å²) in [5, 5.41) is 1.06. The third-order valence-corrected chi connectivity index (χ3v) is 7.86. The predicted octanol–water partition coefficient (Wildman–Crippen LogP) is 4.42. The van der Waals surface area contributed by atoms with E-state index in [0.717, 1.165) is 44.8 Å². The highest BCUT2D eigenvalue weighted by atomic mass is 16.5. The van der Waals surface area contributed by atoms with E-state index < -0.39 is 5.54 Å². The molecule has 1 aromatic heterocycles. The van der Waals surface area contributed by atoms with Crippen LogP contribution >= 0.6 is 0 Å². The molecule has 1 N–H and O–H groups in total. The van der Waals surface area contributed by atoms with Gasteiger partial charge in [-0.2, -0.15) is 0 Å². The van der Waals surface area contributed by atoms with Crippen molar-refractivity contribution in [2.24, 2.45) is 0 Å². The van der Waals surface area contributed by atoms with Gasteiger partial charge in [-0.05, 0) is 42.3 Å². The first-order valence-electron chi connectivity index (χ1n) is 12.4. The zero-order valence-corrected chi connectivity index (χ0v) is 21.2. The number of methoxy groups -OCH3 is 2. The van der Waals surface area contributed by atoms with Gasteiger partial charge in [-0.15, -0.1) is 0 Å². The molecule has 0 spiro atoms. The number of fused-ring (bicyclic) bond motifs is 5. The standard InChI is InChI=1S/C30H29N3O4/c1-30-28-27(22-9-4-6-10-24(22)31-28)23(21-8-5-7-11-25(21)37-3)17-33(30)26(34)18-32(29(30)35)16-19-12-14-20(36-2)15-13-19/h4-15,23,31H,16-18H2,1-3H3. The number of aromatic amines is 1. The number of benzene rings is 3. The van der Waals surface area contributed by atoms with Crippen molar-refractivity contribution in [3.8, 4) is 11.5 Å². The Morgan fingerprint density at radius 3 is 2.43 bits per heavy atom. The van der Waals surface area contributed by atoms with Crippen LogP contribution in [0.5, 0.6) is 11.5 Å². The molecule has 0 bridgehead atoms. The maximum Gasteiger partial charge on any atom is 0.255 e. The first kappa shape index (κ1) is 23.2. The molecule has 7 nitrogen and oxygen atoms in total. The maximum absolute atomic E-state index is 14.2. The molecule has 1 saturated heterocycles. The third-order valence-electron chi connectivity index (χ3n) is 7.86. The second kappa shape index (κ2) is 8.69. The maximum atomic E-state index is 14.2. The molecule has 37 heavy (non-hydrogen) atoms. The lowest BCUT2D eigenvalue weighted by atomic mass is 9.76. The van der Waals surface area contributed by atoms with E-state index >= 15 is 0 Å². The van der Waals surface area contributed by atoms with Crippen LogP contribution in [0.15, 0.2) is 72.8 Å². The van der Waals surface area contributed by atoms with Gasteiger partial charge in [0.2, 0.25) is 5.91 Å². The topological polar surface area (TPSA) is 74.9 Å². The van der Waals surface area contributed by atoms with E-state index in [-0.39, 0.29) is 24.3 Å². The van der Waals surface area contributed by atoms with Gasteiger partial charge < -0.3 is 24.3 Å². The molecule has 4 aromatic rings. The van der Waals surface area contributed by atoms with Crippen molar-refractivity contribution in [3.05, 3.63) is 95.2 Å². The Labute approximate surface area is 215 Å². The van der Waals surface area contributed by atoms with E-state index in [2.05, 4.69) is 11.1 Å². The number of para-hydroxylation sites is 2. The number of carbonyl (C=O) groups excluding carboxylic acids is 2. The second-order valence-electron chi connectivity index (χ2n) is 9.84. The summed E-state index contributed by atoms with van der Waals surface area (Å²) in [4.78, 5) is 34.9. The van der Waals surface area contributed by atoms with E-state index in [1.807, 2.05) is 73.7 Å². The fourth-order valence-corrected chi connectivity index (χ4v) is 5.99. The lowest BCUT2D eigenvalue weighted by molar-refractivity contribution is -0.166. The molecule has 2 amide bonds.